The number of hydrogen-bond acceptors (Lipinski definition) is 2. The van der Waals surface area contributed by atoms with Crippen molar-refractivity contribution in [1.82, 2.24) is 4.90 Å². The van der Waals surface area contributed by atoms with E-state index in [0.717, 1.165) is 24.7 Å². The molecule has 0 radical (unpaired) electrons. The molecule has 1 aliphatic heterocycles. The molecular formula is C10H19NO. The van der Waals surface area contributed by atoms with Crippen molar-refractivity contribution in [2.45, 2.75) is 31.8 Å². The third kappa shape index (κ3) is 1.64. The van der Waals surface area contributed by atoms with E-state index in [0.29, 0.717) is 0 Å². The molecule has 1 N–H and O–H groups in total. The molecule has 12 heavy (non-hydrogen) atoms. The molecule has 1 heterocycles. The minimum Gasteiger partial charge on any atom is -0.393 e. The number of likely N-dealkylation sites (tertiary alicyclic amines) is 1. The normalized spacial score (nSPS) is 44.0. The summed E-state index contributed by atoms with van der Waals surface area (Å²) >= 11 is 0. The van der Waals surface area contributed by atoms with Gasteiger partial charge in [0.05, 0.1) is 6.10 Å². The molecular weight excluding hydrogens is 150 g/mol. The number of nitrogens with zero attached hydrogens (tertiary/aromatic N) is 1. The molecule has 0 aromatic rings. The molecule has 3 atom stereocenters. The second kappa shape index (κ2) is 3.35. The highest BCUT2D eigenvalue weighted by Gasteiger charge is 2.32. The molecule has 70 valence electrons. The zero-order chi connectivity index (χ0) is 8.55. The van der Waals surface area contributed by atoms with Crippen LogP contribution in [0.1, 0.15) is 25.7 Å². The van der Waals surface area contributed by atoms with E-state index in [2.05, 4.69) is 11.9 Å². The third-order valence-corrected chi connectivity index (χ3v) is 3.54. The Morgan fingerprint density at radius 2 is 2.00 bits per heavy atom. The second-order valence-corrected chi connectivity index (χ2v) is 4.54. The van der Waals surface area contributed by atoms with Gasteiger partial charge in [0.15, 0.2) is 0 Å². The Balaban J connectivity index is 1.94. The largest absolute Gasteiger partial charge is 0.393 e. The van der Waals surface area contributed by atoms with Crippen LogP contribution >= 0.6 is 0 Å². The van der Waals surface area contributed by atoms with Gasteiger partial charge in [0.25, 0.3) is 0 Å². The molecule has 0 aromatic heterocycles. The fourth-order valence-corrected chi connectivity index (χ4v) is 2.78. The lowest BCUT2D eigenvalue weighted by atomic mass is 9.74. The summed E-state index contributed by atoms with van der Waals surface area (Å²) < 4.78 is 0. The van der Waals surface area contributed by atoms with Crippen molar-refractivity contribution < 1.29 is 5.11 Å². The molecule has 0 bridgehead atoms. The van der Waals surface area contributed by atoms with E-state index in [4.69, 9.17) is 0 Å². The Labute approximate surface area is 74.6 Å². The first-order chi connectivity index (χ1) is 5.75. The van der Waals surface area contributed by atoms with Crippen LogP contribution in [0.4, 0.5) is 0 Å². The Kier molecular flexibility index (Phi) is 2.37. The van der Waals surface area contributed by atoms with E-state index in [1.165, 1.54) is 25.9 Å². The molecule has 0 spiro atoms. The van der Waals surface area contributed by atoms with Crippen molar-refractivity contribution in [1.29, 1.82) is 0 Å². The Morgan fingerprint density at radius 3 is 2.83 bits per heavy atom. The highest BCUT2D eigenvalue weighted by molar-refractivity contribution is 4.85. The fourth-order valence-electron chi connectivity index (χ4n) is 2.78. The van der Waals surface area contributed by atoms with E-state index >= 15 is 0 Å². The highest BCUT2D eigenvalue weighted by Crippen LogP contribution is 2.35. The molecule has 0 amide bonds. The van der Waals surface area contributed by atoms with Gasteiger partial charge in [-0.15, -0.1) is 0 Å². The first-order valence-corrected chi connectivity index (χ1v) is 5.12. The van der Waals surface area contributed by atoms with E-state index in [-0.39, 0.29) is 6.10 Å². The fraction of sp³-hybridized carbons (Fsp3) is 1.00. The van der Waals surface area contributed by atoms with Gasteiger partial charge in [-0.2, -0.15) is 0 Å². The molecule has 2 nitrogen and oxygen atoms in total. The van der Waals surface area contributed by atoms with Crippen LogP contribution < -0.4 is 0 Å². The number of aliphatic hydroxyl groups is 1. The van der Waals surface area contributed by atoms with Crippen LogP contribution in [0, 0.1) is 11.8 Å². The Morgan fingerprint density at radius 1 is 1.17 bits per heavy atom. The predicted molar refractivity (Wildman–Crippen MR) is 49.0 cm³/mol. The average Bonchev–Trinajstić information content (AvgIpc) is 2.03. The monoisotopic (exact) mass is 169 g/mol. The number of piperidine rings is 1. The quantitative estimate of drug-likeness (QED) is 0.587. The van der Waals surface area contributed by atoms with Crippen molar-refractivity contribution >= 4 is 0 Å². The maximum atomic E-state index is 9.52. The predicted octanol–water partition coefficient (Wildman–Crippen LogP) is 1.10. The molecule has 2 aliphatic rings. The number of hydrogen-bond donors (Lipinski definition) is 1. The van der Waals surface area contributed by atoms with Crippen LogP contribution in [-0.2, 0) is 0 Å². The first-order valence-electron chi connectivity index (χ1n) is 5.12. The molecule has 1 saturated heterocycles. The molecule has 2 fully saturated rings. The third-order valence-electron chi connectivity index (χ3n) is 3.54. The van der Waals surface area contributed by atoms with Gasteiger partial charge in [0.1, 0.15) is 0 Å². The summed E-state index contributed by atoms with van der Waals surface area (Å²) in [5, 5.41) is 9.52. The topological polar surface area (TPSA) is 23.5 Å². The highest BCUT2D eigenvalue weighted by atomic mass is 16.3. The van der Waals surface area contributed by atoms with Crippen LogP contribution in [-0.4, -0.2) is 36.2 Å². The number of rotatable bonds is 0. The van der Waals surface area contributed by atoms with E-state index in [9.17, 15) is 5.11 Å². The molecule has 1 aliphatic carbocycles. The minimum atomic E-state index is -0.00208. The summed E-state index contributed by atoms with van der Waals surface area (Å²) in [7, 11) is 2.19. The lowest BCUT2D eigenvalue weighted by Crippen LogP contribution is -2.42. The number of aliphatic hydroxyl groups excluding tert-OH is 1. The van der Waals surface area contributed by atoms with Gasteiger partial charge < -0.3 is 10.0 Å². The van der Waals surface area contributed by atoms with Crippen molar-refractivity contribution in [2.75, 3.05) is 20.1 Å². The lowest BCUT2D eigenvalue weighted by Gasteiger charge is -2.41. The summed E-state index contributed by atoms with van der Waals surface area (Å²) in [6, 6.07) is 0. The van der Waals surface area contributed by atoms with Crippen molar-refractivity contribution in [3.63, 3.8) is 0 Å². The minimum absolute atomic E-state index is 0.00208. The van der Waals surface area contributed by atoms with Crippen molar-refractivity contribution in [3.05, 3.63) is 0 Å². The second-order valence-electron chi connectivity index (χ2n) is 4.54. The summed E-state index contributed by atoms with van der Waals surface area (Å²) in [6.07, 6.45) is 4.71. The van der Waals surface area contributed by atoms with Crippen molar-refractivity contribution in [2.24, 2.45) is 11.8 Å². The summed E-state index contributed by atoms with van der Waals surface area (Å²) in [5.74, 6) is 1.71. The average molecular weight is 169 g/mol. The van der Waals surface area contributed by atoms with Gasteiger partial charge >= 0.3 is 0 Å². The van der Waals surface area contributed by atoms with Crippen molar-refractivity contribution in [3.8, 4) is 0 Å². The van der Waals surface area contributed by atoms with Crippen LogP contribution in [0.25, 0.3) is 0 Å². The lowest BCUT2D eigenvalue weighted by molar-refractivity contribution is 0.0268. The maximum Gasteiger partial charge on any atom is 0.0543 e. The summed E-state index contributed by atoms with van der Waals surface area (Å²) in [6.45, 7) is 2.47. The SMILES string of the molecule is CN1CCC2CC[C@@H](O)CC2C1. The smallest absolute Gasteiger partial charge is 0.0543 e. The standard InChI is InChI=1S/C10H19NO/c1-11-5-4-8-2-3-10(12)6-9(8)7-11/h8-10,12H,2-7H2,1H3/t8?,9?,10-/m1/s1. The first kappa shape index (κ1) is 8.52. The maximum absolute atomic E-state index is 9.52. The zero-order valence-electron chi connectivity index (χ0n) is 7.87. The van der Waals surface area contributed by atoms with E-state index in [1.54, 1.807) is 0 Å². The summed E-state index contributed by atoms with van der Waals surface area (Å²) in [4.78, 5) is 2.40. The van der Waals surface area contributed by atoms with Gasteiger partial charge in [-0.25, -0.2) is 0 Å². The van der Waals surface area contributed by atoms with Crippen LogP contribution in [0.2, 0.25) is 0 Å². The van der Waals surface area contributed by atoms with Crippen LogP contribution in [0.5, 0.6) is 0 Å². The van der Waals surface area contributed by atoms with Gasteiger partial charge in [-0.05, 0) is 51.1 Å². The van der Waals surface area contributed by atoms with Gasteiger partial charge in [0.2, 0.25) is 0 Å². The van der Waals surface area contributed by atoms with E-state index < -0.39 is 0 Å². The van der Waals surface area contributed by atoms with Gasteiger partial charge in [-0.3, -0.25) is 0 Å². The van der Waals surface area contributed by atoms with Gasteiger partial charge in [0, 0.05) is 6.54 Å². The van der Waals surface area contributed by atoms with Gasteiger partial charge in [-0.1, -0.05) is 0 Å². The molecule has 2 heteroatoms. The molecule has 2 unspecified atom stereocenters. The zero-order valence-corrected chi connectivity index (χ0v) is 7.87. The Bertz CT molecular complexity index is 144. The van der Waals surface area contributed by atoms with E-state index in [1.807, 2.05) is 0 Å². The molecule has 2 rings (SSSR count). The molecule has 0 aromatic carbocycles. The number of fused-ring (bicyclic) bond motifs is 1. The Hall–Kier alpha value is -0.0800. The van der Waals surface area contributed by atoms with Crippen LogP contribution in [0.3, 0.4) is 0 Å². The molecule has 1 saturated carbocycles. The summed E-state index contributed by atoms with van der Waals surface area (Å²) in [5.41, 5.74) is 0. The van der Waals surface area contributed by atoms with Crippen LogP contribution in [0.15, 0.2) is 0 Å².